The lowest BCUT2D eigenvalue weighted by molar-refractivity contribution is 0.584. The van der Waals surface area contributed by atoms with Crippen molar-refractivity contribution in [3.8, 4) is 0 Å². The fourth-order valence-electron chi connectivity index (χ4n) is 2.04. The summed E-state index contributed by atoms with van der Waals surface area (Å²) in [6.45, 7) is 6.73. The van der Waals surface area contributed by atoms with Crippen molar-refractivity contribution in [3.63, 3.8) is 0 Å². The Kier molecular flexibility index (Phi) is 3.75. The number of halogens is 1. The second-order valence-corrected chi connectivity index (χ2v) is 4.70. The Bertz CT molecular complexity index is 534. The Hall–Kier alpha value is -1.71. The highest BCUT2D eigenvalue weighted by molar-refractivity contribution is 5.26. The SMILES string of the molecule is CCn1cc(CC(C)c2ccc(C)cc2F)nn1. The van der Waals surface area contributed by atoms with Gasteiger partial charge >= 0.3 is 0 Å². The summed E-state index contributed by atoms with van der Waals surface area (Å²) in [7, 11) is 0. The van der Waals surface area contributed by atoms with Gasteiger partial charge in [-0.1, -0.05) is 24.3 Å². The summed E-state index contributed by atoms with van der Waals surface area (Å²) in [5.41, 5.74) is 2.59. The van der Waals surface area contributed by atoms with Gasteiger partial charge in [0.2, 0.25) is 0 Å². The van der Waals surface area contributed by atoms with E-state index in [0.29, 0.717) is 6.42 Å². The lowest BCUT2D eigenvalue weighted by Crippen LogP contribution is -2.02. The molecule has 0 fully saturated rings. The zero-order chi connectivity index (χ0) is 13.1. The molecule has 0 spiro atoms. The molecule has 96 valence electrons. The van der Waals surface area contributed by atoms with Crippen molar-refractivity contribution in [2.75, 3.05) is 0 Å². The minimum Gasteiger partial charge on any atom is -0.253 e. The van der Waals surface area contributed by atoms with E-state index in [1.165, 1.54) is 0 Å². The Morgan fingerprint density at radius 3 is 2.78 bits per heavy atom. The summed E-state index contributed by atoms with van der Waals surface area (Å²) in [5.74, 6) is -0.0296. The molecule has 4 heteroatoms. The van der Waals surface area contributed by atoms with Crippen LogP contribution in [0.1, 0.15) is 36.6 Å². The molecule has 0 radical (unpaired) electrons. The van der Waals surface area contributed by atoms with Crippen LogP contribution in [0.3, 0.4) is 0 Å². The van der Waals surface area contributed by atoms with Crippen molar-refractivity contribution in [1.29, 1.82) is 0 Å². The first-order valence-electron chi connectivity index (χ1n) is 6.25. The van der Waals surface area contributed by atoms with Crippen molar-refractivity contribution in [2.24, 2.45) is 0 Å². The second kappa shape index (κ2) is 5.29. The molecule has 1 aromatic carbocycles. The molecule has 1 aromatic heterocycles. The van der Waals surface area contributed by atoms with Gasteiger partial charge in [0.05, 0.1) is 5.69 Å². The largest absolute Gasteiger partial charge is 0.253 e. The lowest BCUT2D eigenvalue weighted by atomic mass is 9.95. The Morgan fingerprint density at radius 1 is 1.39 bits per heavy atom. The van der Waals surface area contributed by atoms with Crippen molar-refractivity contribution < 1.29 is 4.39 Å². The molecule has 0 saturated heterocycles. The first kappa shape index (κ1) is 12.7. The lowest BCUT2D eigenvalue weighted by Gasteiger charge is -2.11. The summed E-state index contributed by atoms with van der Waals surface area (Å²) < 4.78 is 15.6. The number of aryl methyl sites for hydroxylation is 2. The zero-order valence-electron chi connectivity index (χ0n) is 11.0. The van der Waals surface area contributed by atoms with Gasteiger partial charge in [-0.3, -0.25) is 4.68 Å². The van der Waals surface area contributed by atoms with Gasteiger partial charge in [-0.25, -0.2) is 4.39 Å². The molecule has 0 N–H and O–H groups in total. The van der Waals surface area contributed by atoms with Gasteiger partial charge in [0, 0.05) is 12.7 Å². The number of aromatic nitrogens is 3. The van der Waals surface area contributed by atoms with Crippen LogP contribution in [0.5, 0.6) is 0 Å². The van der Waals surface area contributed by atoms with Crippen molar-refractivity contribution >= 4 is 0 Å². The molecule has 0 aliphatic heterocycles. The van der Waals surface area contributed by atoms with Crippen LogP contribution in [0.4, 0.5) is 4.39 Å². The molecule has 1 atom stereocenters. The highest BCUT2D eigenvalue weighted by Gasteiger charge is 2.13. The van der Waals surface area contributed by atoms with Gasteiger partial charge in [0.1, 0.15) is 5.82 Å². The summed E-state index contributed by atoms with van der Waals surface area (Å²) >= 11 is 0. The molecule has 1 unspecified atom stereocenters. The smallest absolute Gasteiger partial charge is 0.126 e. The normalized spacial score (nSPS) is 12.7. The molecule has 0 saturated carbocycles. The monoisotopic (exact) mass is 247 g/mol. The van der Waals surface area contributed by atoms with Gasteiger partial charge in [0.15, 0.2) is 0 Å². The molecule has 3 nitrogen and oxygen atoms in total. The van der Waals surface area contributed by atoms with Gasteiger partial charge in [-0.2, -0.15) is 0 Å². The van der Waals surface area contributed by atoms with Crippen LogP contribution in [0.15, 0.2) is 24.4 Å². The van der Waals surface area contributed by atoms with E-state index in [1.807, 2.05) is 39.1 Å². The van der Waals surface area contributed by atoms with Gasteiger partial charge in [-0.05, 0) is 43.4 Å². The number of hydrogen-bond donors (Lipinski definition) is 0. The molecule has 0 aliphatic carbocycles. The second-order valence-electron chi connectivity index (χ2n) is 4.70. The minimum atomic E-state index is -0.134. The Balaban J connectivity index is 2.13. The van der Waals surface area contributed by atoms with Gasteiger partial charge in [0.25, 0.3) is 0 Å². The molecular weight excluding hydrogens is 229 g/mol. The number of benzene rings is 1. The summed E-state index contributed by atoms with van der Waals surface area (Å²) in [6.07, 6.45) is 2.63. The van der Waals surface area contributed by atoms with Crippen LogP contribution >= 0.6 is 0 Å². The van der Waals surface area contributed by atoms with E-state index < -0.39 is 0 Å². The van der Waals surface area contributed by atoms with Crippen LogP contribution < -0.4 is 0 Å². The predicted molar refractivity (Wildman–Crippen MR) is 69.0 cm³/mol. The molecule has 0 bridgehead atoms. The third-order valence-corrected chi connectivity index (χ3v) is 3.11. The number of rotatable bonds is 4. The highest BCUT2D eigenvalue weighted by atomic mass is 19.1. The fraction of sp³-hybridized carbons (Fsp3) is 0.429. The van der Waals surface area contributed by atoms with E-state index >= 15 is 0 Å². The van der Waals surface area contributed by atoms with Gasteiger partial charge < -0.3 is 0 Å². The Morgan fingerprint density at radius 2 is 2.17 bits per heavy atom. The maximum atomic E-state index is 13.8. The van der Waals surface area contributed by atoms with E-state index in [-0.39, 0.29) is 11.7 Å². The average molecular weight is 247 g/mol. The van der Waals surface area contributed by atoms with E-state index in [4.69, 9.17) is 0 Å². The van der Waals surface area contributed by atoms with Crippen molar-refractivity contribution in [1.82, 2.24) is 15.0 Å². The van der Waals surface area contributed by atoms with Gasteiger partial charge in [-0.15, -0.1) is 5.10 Å². The molecule has 18 heavy (non-hydrogen) atoms. The molecule has 2 rings (SSSR count). The molecule has 0 amide bonds. The zero-order valence-corrected chi connectivity index (χ0v) is 11.0. The fourth-order valence-corrected chi connectivity index (χ4v) is 2.04. The van der Waals surface area contributed by atoms with Crippen molar-refractivity contribution in [2.45, 2.75) is 39.7 Å². The molecule has 1 heterocycles. The maximum absolute atomic E-state index is 13.8. The number of hydrogen-bond acceptors (Lipinski definition) is 2. The summed E-state index contributed by atoms with van der Waals surface area (Å²) in [5, 5.41) is 8.08. The molecule has 0 aliphatic rings. The third kappa shape index (κ3) is 2.75. The maximum Gasteiger partial charge on any atom is 0.126 e. The van der Waals surface area contributed by atoms with E-state index in [9.17, 15) is 4.39 Å². The third-order valence-electron chi connectivity index (χ3n) is 3.11. The van der Waals surface area contributed by atoms with E-state index in [2.05, 4.69) is 10.3 Å². The summed E-state index contributed by atoms with van der Waals surface area (Å²) in [4.78, 5) is 0. The Labute approximate surface area is 107 Å². The van der Waals surface area contributed by atoms with Crippen LogP contribution in [0.2, 0.25) is 0 Å². The first-order chi connectivity index (χ1) is 8.60. The van der Waals surface area contributed by atoms with Crippen LogP contribution in [0, 0.1) is 12.7 Å². The average Bonchev–Trinajstić information content (AvgIpc) is 2.76. The summed E-state index contributed by atoms with van der Waals surface area (Å²) in [6, 6.07) is 5.38. The van der Waals surface area contributed by atoms with Crippen LogP contribution in [-0.4, -0.2) is 15.0 Å². The quantitative estimate of drug-likeness (QED) is 0.831. The minimum absolute atomic E-state index is 0.104. The number of nitrogens with zero attached hydrogens (tertiary/aromatic N) is 3. The predicted octanol–water partition coefficient (Wildman–Crippen LogP) is 3.09. The topological polar surface area (TPSA) is 30.7 Å². The first-order valence-corrected chi connectivity index (χ1v) is 6.25. The van der Waals surface area contributed by atoms with E-state index in [0.717, 1.165) is 23.4 Å². The molecule has 2 aromatic rings. The standard InChI is InChI=1S/C14H18FN3/c1-4-18-9-12(16-17-18)8-11(3)13-6-5-10(2)7-14(13)15/h5-7,9,11H,4,8H2,1-3H3. The highest BCUT2D eigenvalue weighted by Crippen LogP contribution is 2.23. The van der Waals surface area contributed by atoms with Crippen LogP contribution in [-0.2, 0) is 13.0 Å². The van der Waals surface area contributed by atoms with Crippen molar-refractivity contribution in [3.05, 3.63) is 47.0 Å². The van der Waals surface area contributed by atoms with Crippen LogP contribution in [0.25, 0.3) is 0 Å². The molecular formula is C14H18FN3. The van der Waals surface area contributed by atoms with E-state index in [1.54, 1.807) is 10.7 Å².